The molecule has 0 bridgehead atoms. The third kappa shape index (κ3) is 1.50. The predicted octanol–water partition coefficient (Wildman–Crippen LogP) is 3.89. The van der Waals surface area contributed by atoms with E-state index >= 15 is 0 Å². The van der Waals surface area contributed by atoms with Gasteiger partial charge in [-0.15, -0.1) is 15.8 Å². The van der Waals surface area contributed by atoms with Gasteiger partial charge >= 0.3 is 0 Å². The fourth-order valence-electron chi connectivity index (χ4n) is 3.36. The van der Waals surface area contributed by atoms with Crippen molar-refractivity contribution in [1.82, 2.24) is 4.48 Å². The van der Waals surface area contributed by atoms with Gasteiger partial charge in [-0.25, -0.2) is 0 Å². The first-order valence-corrected chi connectivity index (χ1v) is 8.53. The Hall–Kier alpha value is -1.72. The van der Waals surface area contributed by atoms with E-state index in [1.807, 2.05) is 17.4 Å². The summed E-state index contributed by atoms with van der Waals surface area (Å²) in [5, 5.41) is 5.13. The number of aromatic nitrogens is 1. The van der Waals surface area contributed by atoms with Crippen LogP contribution in [0.4, 0.5) is 0 Å². The van der Waals surface area contributed by atoms with Crippen LogP contribution in [0.1, 0.15) is 0 Å². The van der Waals surface area contributed by atoms with E-state index in [1.54, 1.807) is 4.48 Å². The van der Waals surface area contributed by atoms with Crippen molar-refractivity contribution in [2.24, 2.45) is 0 Å². The molecule has 22 heavy (non-hydrogen) atoms. The van der Waals surface area contributed by atoms with Gasteiger partial charge in [0, 0.05) is 36.6 Å². The van der Waals surface area contributed by atoms with Crippen LogP contribution in [0.5, 0.6) is 0 Å². The smallest absolute Gasteiger partial charge is 0.234 e. The Morgan fingerprint density at radius 1 is 0.773 bits per heavy atom. The van der Waals surface area contributed by atoms with Crippen molar-refractivity contribution in [1.29, 1.82) is 0 Å². The van der Waals surface area contributed by atoms with Crippen molar-refractivity contribution in [3.8, 4) is 0 Å². The van der Waals surface area contributed by atoms with Crippen LogP contribution in [-0.2, 0) is 0 Å². The van der Waals surface area contributed by atoms with Crippen LogP contribution in [0, 0.1) is 0 Å². The molecule has 1 nitrogen and oxygen atoms in total. The van der Waals surface area contributed by atoms with Gasteiger partial charge in [0.1, 0.15) is 0 Å². The van der Waals surface area contributed by atoms with E-state index in [9.17, 15) is 0 Å². The Kier molecular flexibility index (Phi) is 2.55. The molecule has 4 radical (unpaired) electrons. The molecule has 5 aromatic rings. The molecule has 0 atom stereocenters. The van der Waals surface area contributed by atoms with Crippen LogP contribution in [0.15, 0.2) is 54.6 Å². The number of hydrogen-bond acceptors (Lipinski definition) is 1. The third-order valence-corrected chi connectivity index (χ3v) is 6.35. The maximum Gasteiger partial charge on any atom is 0.234 e. The van der Waals surface area contributed by atoms with Gasteiger partial charge in [0.15, 0.2) is 16.3 Å². The van der Waals surface area contributed by atoms with Crippen molar-refractivity contribution < 1.29 is 0 Å². The first-order chi connectivity index (χ1) is 10.8. The SMILES string of the molecule is [B]n1c2ccccc2c2c3sc4[c]([Al])cccc4c3ccc21. The largest absolute Gasteiger partial charge is 0.397 e. The van der Waals surface area contributed by atoms with Crippen LogP contribution in [0.2, 0.25) is 0 Å². The lowest BCUT2D eigenvalue weighted by Crippen LogP contribution is -1.99. The Morgan fingerprint density at radius 2 is 1.55 bits per heavy atom. The number of para-hydroxylation sites is 1. The van der Waals surface area contributed by atoms with Crippen molar-refractivity contribution in [2.75, 3.05) is 0 Å². The standard InChI is InChI=1S/C18H9BNS.Al/c19-20-14-7-3-1-6-13(14)17-15(20)10-9-12-11-5-2-4-8-16(11)21-18(12)17;/h1-7,9-10H;. The lowest BCUT2D eigenvalue weighted by atomic mass is 10.1. The molecule has 0 saturated carbocycles. The zero-order valence-electron chi connectivity index (χ0n) is 11.7. The Labute approximate surface area is 141 Å². The quantitative estimate of drug-likeness (QED) is 0.383. The fraction of sp³-hybridized carbons (Fsp3) is 0. The zero-order chi connectivity index (χ0) is 14.8. The van der Waals surface area contributed by atoms with Gasteiger partial charge in [-0.05, 0) is 17.5 Å². The summed E-state index contributed by atoms with van der Waals surface area (Å²) in [6, 6.07) is 19.2. The van der Waals surface area contributed by atoms with E-state index in [0.717, 1.165) is 11.0 Å². The van der Waals surface area contributed by atoms with E-state index in [0.29, 0.717) is 0 Å². The number of nitrogens with zero attached hydrogens (tertiary/aromatic N) is 1. The third-order valence-electron chi connectivity index (χ3n) is 4.37. The molecule has 98 valence electrons. The number of hydrogen-bond donors (Lipinski definition) is 0. The van der Waals surface area contributed by atoms with E-state index in [4.69, 9.17) is 7.98 Å². The first kappa shape index (κ1) is 12.8. The minimum absolute atomic E-state index is 1.08. The maximum absolute atomic E-state index is 6.31. The molecule has 5 rings (SSSR count). The molecule has 2 heterocycles. The van der Waals surface area contributed by atoms with Crippen molar-refractivity contribution >= 4 is 82.0 Å². The van der Waals surface area contributed by atoms with Gasteiger partial charge in [0.05, 0.1) is 0 Å². The summed E-state index contributed by atoms with van der Waals surface area (Å²) < 4.78 is 5.71. The van der Waals surface area contributed by atoms with Gasteiger partial charge in [-0.1, -0.05) is 42.5 Å². The summed E-state index contributed by atoms with van der Waals surface area (Å²) in [5.74, 6) is 0. The number of thiophene rings is 1. The normalized spacial score (nSPS) is 12.0. The molecule has 0 fully saturated rings. The van der Waals surface area contributed by atoms with Crippen molar-refractivity contribution in [3.63, 3.8) is 0 Å². The van der Waals surface area contributed by atoms with E-state index in [2.05, 4.69) is 64.8 Å². The van der Waals surface area contributed by atoms with Gasteiger partial charge in [-0.3, -0.25) is 0 Å². The van der Waals surface area contributed by atoms with E-state index in [-0.39, 0.29) is 0 Å². The Bertz CT molecular complexity index is 1200. The molecule has 0 aliphatic carbocycles. The average Bonchev–Trinajstić information content (AvgIpc) is 3.06. The summed E-state index contributed by atoms with van der Waals surface area (Å²) in [4.78, 5) is 0. The molecular weight excluding hydrogens is 300 g/mol. The minimum Gasteiger partial charge on any atom is -0.397 e. The second-order valence-electron chi connectivity index (χ2n) is 5.55. The zero-order valence-corrected chi connectivity index (χ0v) is 13.7. The second kappa shape index (κ2) is 4.40. The predicted molar refractivity (Wildman–Crippen MR) is 98.9 cm³/mol. The summed E-state index contributed by atoms with van der Waals surface area (Å²) in [7, 11) is 6.31. The van der Waals surface area contributed by atoms with Gasteiger partial charge in [0.25, 0.3) is 0 Å². The highest BCUT2D eigenvalue weighted by Crippen LogP contribution is 2.41. The van der Waals surface area contributed by atoms with Crippen LogP contribution in [0.25, 0.3) is 42.0 Å². The Balaban J connectivity index is 2.15. The average molecular weight is 309 g/mol. The molecule has 0 saturated heterocycles. The first-order valence-electron chi connectivity index (χ1n) is 7.13. The van der Waals surface area contributed by atoms with Crippen molar-refractivity contribution in [2.45, 2.75) is 0 Å². The highest BCUT2D eigenvalue weighted by atomic mass is 32.1. The number of rotatable bonds is 0. The summed E-state index contributed by atoms with van der Waals surface area (Å²) >= 11 is 4.70. The fourth-order valence-corrected chi connectivity index (χ4v) is 5.09. The molecule has 0 spiro atoms. The molecule has 3 aromatic carbocycles. The van der Waals surface area contributed by atoms with Crippen LogP contribution >= 0.6 is 11.3 Å². The highest BCUT2D eigenvalue weighted by molar-refractivity contribution is 7.27. The molecular formula is C18H9AlBNS. The molecule has 2 aromatic heterocycles. The second-order valence-corrected chi connectivity index (χ2v) is 7.19. The lowest BCUT2D eigenvalue weighted by molar-refractivity contribution is 1.40. The molecule has 0 N–H and O–H groups in total. The number of fused-ring (bicyclic) bond motifs is 7. The van der Waals surface area contributed by atoms with E-state index in [1.165, 1.54) is 35.4 Å². The monoisotopic (exact) mass is 309 g/mol. The number of benzene rings is 3. The maximum atomic E-state index is 6.31. The van der Waals surface area contributed by atoms with E-state index < -0.39 is 0 Å². The molecule has 0 amide bonds. The van der Waals surface area contributed by atoms with Crippen LogP contribution in [0.3, 0.4) is 0 Å². The minimum atomic E-state index is 1.08. The summed E-state index contributed by atoms with van der Waals surface area (Å²) in [6.07, 6.45) is 0. The lowest BCUT2D eigenvalue weighted by Gasteiger charge is -1.98. The van der Waals surface area contributed by atoms with Crippen LogP contribution in [-0.4, -0.2) is 28.7 Å². The topological polar surface area (TPSA) is 4.93 Å². The highest BCUT2D eigenvalue weighted by Gasteiger charge is 2.14. The van der Waals surface area contributed by atoms with Crippen LogP contribution < -0.4 is 4.43 Å². The molecule has 0 aliphatic rings. The summed E-state index contributed by atoms with van der Waals surface area (Å²) in [5.41, 5.74) is 2.17. The summed E-state index contributed by atoms with van der Waals surface area (Å²) in [6.45, 7) is 0. The van der Waals surface area contributed by atoms with Crippen molar-refractivity contribution in [3.05, 3.63) is 54.6 Å². The molecule has 0 aliphatic heterocycles. The molecule has 4 heteroatoms. The van der Waals surface area contributed by atoms with Gasteiger partial charge in [0.2, 0.25) is 7.98 Å². The van der Waals surface area contributed by atoms with Gasteiger partial charge in [-0.2, -0.15) is 0 Å². The van der Waals surface area contributed by atoms with Gasteiger partial charge < -0.3 is 4.48 Å². The molecule has 0 unspecified atom stereocenters. The Morgan fingerprint density at radius 3 is 2.45 bits per heavy atom.